The maximum absolute atomic E-state index is 13.4. The number of nitrogens with zero attached hydrogens (tertiary/aromatic N) is 9. The highest BCUT2D eigenvalue weighted by atomic mass is 16.5. The number of hydrogen-bond donors (Lipinski definition) is 2. The fourth-order valence-electron chi connectivity index (χ4n) is 9.33. The van der Waals surface area contributed by atoms with Gasteiger partial charge in [0.2, 0.25) is 11.8 Å². The molecule has 2 saturated heterocycles. The summed E-state index contributed by atoms with van der Waals surface area (Å²) in [6.07, 6.45) is 12.2. The maximum Gasteiger partial charge on any atom is 0.329 e. The van der Waals surface area contributed by atoms with Gasteiger partial charge in [0.25, 0.3) is 5.91 Å². The molecule has 0 bridgehead atoms. The third kappa shape index (κ3) is 6.75. The minimum atomic E-state index is -0.694. The Balaban J connectivity index is 0.811. The predicted molar refractivity (Wildman–Crippen MR) is 213 cm³/mol. The van der Waals surface area contributed by atoms with Crippen LogP contribution in [-0.2, 0) is 23.2 Å². The smallest absolute Gasteiger partial charge is 0.329 e. The fourth-order valence-corrected chi connectivity index (χ4v) is 9.33. The van der Waals surface area contributed by atoms with Gasteiger partial charge in [0.15, 0.2) is 11.5 Å². The first-order valence-corrected chi connectivity index (χ1v) is 19.8. The van der Waals surface area contributed by atoms with E-state index in [1.165, 1.54) is 0 Å². The van der Waals surface area contributed by atoms with Gasteiger partial charge in [-0.15, -0.1) is 0 Å². The molecule has 3 fully saturated rings. The molecule has 16 heteroatoms. The zero-order chi connectivity index (χ0) is 39.4. The van der Waals surface area contributed by atoms with Crippen LogP contribution in [0.3, 0.4) is 0 Å². The molecule has 16 nitrogen and oxygen atoms in total. The van der Waals surface area contributed by atoms with Crippen molar-refractivity contribution >= 4 is 51.1 Å². The third-order valence-electron chi connectivity index (χ3n) is 12.5. The van der Waals surface area contributed by atoms with Gasteiger partial charge in [0, 0.05) is 55.9 Å². The number of fused-ring (bicyclic) bond motifs is 3. The first-order chi connectivity index (χ1) is 27.7. The van der Waals surface area contributed by atoms with Gasteiger partial charge in [0.05, 0.1) is 41.5 Å². The Hall–Kier alpha value is -5.87. The summed E-state index contributed by atoms with van der Waals surface area (Å²) in [5.41, 5.74) is 4.24. The Labute approximate surface area is 328 Å². The van der Waals surface area contributed by atoms with Crippen LogP contribution in [-0.4, -0.2) is 100 Å². The number of carbonyl (C=O) groups is 3. The molecule has 0 spiro atoms. The molecule has 6 aromatic rings. The van der Waals surface area contributed by atoms with Crippen LogP contribution in [0.5, 0.6) is 5.75 Å². The van der Waals surface area contributed by atoms with Gasteiger partial charge in [-0.3, -0.25) is 38.4 Å². The number of benzene rings is 2. The van der Waals surface area contributed by atoms with E-state index in [4.69, 9.17) is 9.84 Å². The topological polar surface area (TPSA) is 166 Å². The Morgan fingerprint density at radius 1 is 1.00 bits per heavy atom. The molecule has 0 radical (unpaired) electrons. The van der Waals surface area contributed by atoms with Crippen molar-refractivity contribution in [1.82, 2.24) is 48.6 Å². The van der Waals surface area contributed by atoms with Crippen molar-refractivity contribution in [3.63, 3.8) is 0 Å². The Morgan fingerprint density at radius 3 is 2.56 bits per heavy atom. The molecule has 1 aliphatic carbocycles. The van der Waals surface area contributed by atoms with Gasteiger partial charge < -0.3 is 15.0 Å². The molecule has 1 atom stereocenters. The van der Waals surface area contributed by atoms with E-state index >= 15 is 0 Å². The molecule has 6 heterocycles. The number of methoxy groups -OCH3 is 1. The lowest BCUT2D eigenvalue weighted by Crippen LogP contribution is -2.48. The Kier molecular flexibility index (Phi) is 9.60. The molecule has 4 aromatic heterocycles. The second kappa shape index (κ2) is 14.9. The maximum atomic E-state index is 13.4. The van der Waals surface area contributed by atoms with Crippen molar-refractivity contribution in [3.05, 3.63) is 82.7 Å². The van der Waals surface area contributed by atoms with E-state index in [0.29, 0.717) is 41.3 Å². The van der Waals surface area contributed by atoms with Crippen molar-refractivity contribution in [3.8, 4) is 5.75 Å². The highest BCUT2D eigenvalue weighted by molar-refractivity contribution is 6.08. The largest absolute Gasteiger partial charge is 0.496 e. The van der Waals surface area contributed by atoms with Crippen molar-refractivity contribution in [2.75, 3.05) is 32.6 Å². The number of aromatic nitrogens is 7. The number of anilines is 1. The van der Waals surface area contributed by atoms with Gasteiger partial charge >= 0.3 is 5.69 Å². The van der Waals surface area contributed by atoms with Crippen molar-refractivity contribution in [1.29, 1.82) is 0 Å². The summed E-state index contributed by atoms with van der Waals surface area (Å²) < 4.78 is 12.5. The second-order valence-corrected chi connectivity index (χ2v) is 15.7. The molecule has 57 heavy (non-hydrogen) atoms. The number of imidazole rings is 2. The van der Waals surface area contributed by atoms with Gasteiger partial charge in [-0.2, -0.15) is 14.7 Å². The summed E-state index contributed by atoms with van der Waals surface area (Å²) in [7, 11) is 5.60. The highest BCUT2D eigenvalue weighted by Gasteiger charge is 2.34. The number of amides is 3. The number of ether oxygens (including phenoxy) is 1. The standard InChI is InChI=1S/C41H47N11O5/c1-47(28-15-18-49(19-16-28)23-25-6-4-7-32-38(25)48(2)41(56)51(32)33-13-14-37(53)45-40(33)55)27-9-11-29(12-10-27)50-24-26-20-30(34(57-3)21-31(26)46-50)39(54)44-36-22-42-35-8-5-17-43-52(35)36/h4-8,17,20-22,24,27-29,33H,9-16,18-19,23H2,1-3H3,(H,44,54)(H,45,53,55). The number of imide groups is 1. The van der Waals surface area contributed by atoms with Crippen LogP contribution < -0.4 is 21.1 Å². The van der Waals surface area contributed by atoms with Crippen LogP contribution in [0.1, 0.15) is 79.4 Å². The summed E-state index contributed by atoms with van der Waals surface area (Å²) in [5.74, 6) is -0.0949. The summed E-state index contributed by atoms with van der Waals surface area (Å²) >= 11 is 0. The average molecular weight is 774 g/mol. The van der Waals surface area contributed by atoms with E-state index in [1.54, 1.807) is 46.3 Å². The number of piperidine rings is 2. The molecule has 296 valence electrons. The predicted octanol–water partition coefficient (Wildman–Crippen LogP) is 4.05. The SMILES string of the molecule is COc1cc2nn(C3CCC(N(C)C4CCN(Cc5cccc6c5n(C)c(=O)n6C5CCC(=O)NC5=O)CC4)CC3)cc2cc1C(=O)Nc1cnc2cccnn12. The molecule has 3 aliphatic rings. The van der Waals surface area contributed by atoms with E-state index in [0.717, 1.165) is 85.7 Å². The monoisotopic (exact) mass is 773 g/mol. The van der Waals surface area contributed by atoms with Crippen LogP contribution in [0.25, 0.3) is 27.6 Å². The summed E-state index contributed by atoms with van der Waals surface area (Å²) in [6.45, 7) is 2.64. The molecule has 2 aliphatic heterocycles. The zero-order valence-corrected chi connectivity index (χ0v) is 32.4. The third-order valence-corrected chi connectivity index (χ3v) is 12.5. The van der Waals surface area contributed by atoms with E-state index in [1.807, 2.05) is 36.5 Å². The molecule has 9 rings (SSSR count). The van der Waals surface area contributed by atoms with Gasteiger partial charge in [-0.25, -0.2) is 9.78 Å². The van der Waals surface area contributed by atoms with Crippen LogP contribution in [0.4, 0.5) is 5.82 Å². The molecule has 1 unspecified atom stereocenters. The molecule has 1 saturated carbocycles. The summed E-state index contributed by atoms with van der Waals surface area (Å²) in [6, 6.07) is 13.8. The average Bonchev–Trinajstić information content (AvgIpc) is 3.91. The highest BCUT2D eigenvalue weighted by Crippen LogP contribution is 2.35. The van der Waals surface area contributed by atoms with E-state index in [-0.39, 0.29) is 30.0 Å². The van der Waals surface area contributed by atoms with Crippen LogP contribution in [0.2, 0.25) is 0 Å². The number of hydrogen-bond acceptors (Lipinski definition) is 10. The lowest BCUT2D eigenvalue weighted by molar-refractivity contribution is -0.135. The van der Waals surface area contributed by atoms with Crippen molar-refractivity contribution in [2.45, 2.75) is 82.1 Å². The first kappa shape index (κ1) is 36.7. The van der Waals surface area contributed by atoms with Crippen LogP contribution >= 0.6 is 0 Å². The number of para-hydroxylation sites is 1. The number of aryl methyl sites for hydroxylation is 1. The summed E-state index contributed by atoms with van der Waals surface area (Å²) in [5, 5.41) is 15.4. The quantitative estimate of drug-likeness (QED) is 0.205. The second-order valence-electron chi connectivity index (χ2n) is 15.7. The molecular formula is C41H47N11O5. The minimum absolute atomic E-state index is 0.219. The van der Waals surface area contributed by atoms with Gasteiger partial charge in [-0.05, 0) is 94.9 Å². The van der Waals surface area contributed by atoms with E-state index in [9.17, 15) is 19.2 Å². The first-order valence-electron chi connectivity index (χ1n) is 19.8. The number of nitrogens with one attached hydrogen (secondary N) is 2. The number of carbonyl (C=O) groups excluding carboxylic acids is 3. The lowest BCUT2D eigenvalue weighted by Gasteiger charge is -2.42. The lowest BCUT2D eigenvalue weighted by atomic mass is 9.88. The van der Waals surface area contributed by atoms with E-state index in [2.05, 4.69) is 48.3 Å². The molecule has 3 amide bonds. The Morgan fingerprint density at radius 2 is 1.79 bits per heavy atom. The normalized spacial score (nSPS) is 21.2. The molecule has 2 N–H and O–H groups in total. The van der Waals surface area contributed by atoms with Gasteiger partial charge in [-0.1, -0.05) is 12.1 Å². The van der Waals surface area contributed by atoms with E-state index < -0.39 is 11.9 Å². The zero-order valence-electron chi connectivity index (χ0n) is 32.4. The van der Waals surface area contributed by atoms with Crippen molar-refractivity contribution in [2.24, 2.45) is 7.05 Å². The summed E-state index contributed by atoms with van der Waals surface area (Å²) in [4.78, 5) is 60.7. The number of rotatable bonds is 9. The molecular weight excluding hydrogens is 727 g/mol. The minimum Gasteiger partial charge on any atom is -0.496 e. The number of likely N-dealkylation sites (tertiary alicyclic amines) is 1. The van der Waals surface area contributed by atoms with Crippen LogP contribution in [0, 0.1) is 0 Å². The van der Waals surface area contributed by atoms with Crippen molar-refractivity contribution < 1.29 is 19.1 Å². The Bertz CT molecular complexity index is 2570. The van der Waals surface area contributed by atoms with Gasteiger partial charge in [0.1, 0.15) is 11.8 Å². The van der Waals surface area contributed by atoms with Crippen LogP contribution in [0.15, 0.2) is 65.8 Å². The molecule has 2 aromatic carbocycles. The fraction of sp³-hybridized carbons (Fsp3) is 0.439.